The number of nitrogens with zero attached hydrogens (tertiary/aromatic N) is 7. The van der Waals surface area contributed by atoms with Crippen molar-refractivity contribution in [3.8, 4) is 79.2 Å². The van der Waals surface area contributed by atoms with Gasteiger partial charge in [0.2, 0.25) is 0 Å². The van der Waals surface area contributed by atoms with Crippen molar-refractivity contribution >= 4 is 51.7 Å². The van der Waals surface area contributed by atoms with E-state index in [9.17, 15) is 20.1 Å². The molecule has 3 aliphatic heterocycles. The van der Waals surface area contributed by atoms with Crippen molar-refractivity contribution < 1.29 is 26.1 Å². The summed E-state index contributed by atoms with van der Waals surface area (Å²) < 4.78 is 0. The van der Waals surface area contributed by atoms with E-state index in [-0.39, 0.29) is 44.4 Å². The monoisotopic (exact) mass is 915 g/mol. The zero-order valence-electron chi connectivity index (χ0n) is 35.7. The minimum Gasteiger partial charge on any atom is -0.657 e. The largest absolute Gasteiger partial charge is 2.00 e. The second-order valence-electron chi connectivity index (χ2n) is 16.3. The molecule has 0 saturated carbocycles. The van der Waals surface area contributed by atoms with E-state index in [0.29, 0.717) is 44.6 Å². The fourth-order valence-corrected chi connectivity index (χ4v) is 9.39. The van der Waals surface area contributed by atoms with Crippen LogP contribution in [0.2, 0.25) is 0 Å². The second kappa shape index (κ2) is 16.7. The molecule has 0 radical (unpaired) electrons. The molecule has 10 heteroatoms. The van der Waals surface area contributed by atoms with E-state index in [4.69, 9.17) is 19.9 Å². The predicted octanol–water partition coefficient (Wildman–Crippen LogP) is 12.3. The smallest absolute Gasteiger partial charge is 0.657 e. The summed E-state index contributed by atoms with van der Waals surface area (Å²) in [4.78, 5) is 52.0. The Morgan fingerprint density at radius 1 is 0.412 bits per heavy atom. The van der Waals surface area contributed by atoms with E-state index < -0.39 is 11.8 Å². The van der Waals surface area contributed by atoms with Crippen LogP contribution in [0.5, 0.6) is 0 Å². The molecule has 0 spiro atoms. The van der Waals surface area contributed by atoms with E-state index in [0.717, 1.165) is 60.8 Å². The van der Waals surface area contributed by atoms with Gasteiger partial charge in [0.25, 0.3) is 11.8 Å². The van der Waals surface area contributed by atoms with Gasteiger partial charge < -0.3 is 9.97 Å². The summed E-state index contributed by atoms with van der Waals surface area (Å²) in [5, 5.41) is 19.5. The molecular weight excluding hydrogens is 885 g/mol. The third-order valence-electron chi connectivity index (χ3n) is 12.4. The van der Waals surface area contributed by atoms with Crippen LogP contribution in [0.3, 0.4) is 0 Å². The van der Waals surface area contributed by atoms with Crippen LogP contribution in [-0.4, -0.2) is 21.8 Å². The average Bonchev–Trinajstić information content (AvgIpc) is 4.24. The first kappa shape index (κ1) is 41.5. The quantitative estimate of drug-likeness (QED) is 0.123. The molecule has 9 nitrogen and oxygen atoms in total. The Kier molecular flexibility index (Phi) is 10.2. The predicted molar refractivity (Wildman–Crippen MR) is 261 cm³/mol. The SMILES string of the molecule is N#Cc1ccc(N2C(=O)c3cc4c(cc3C2=O)-c2nc-4c(-c3ccccc3)c3ccc([n-]3)c(-c3ccccc3)c3nc(c(-c4ccccc4)c4ccc([n-]4)c2-c2ccccc2)C=C3)cc1C#N.[Ni+2]. The van der Waals surface area contributed by atoms with E-state index in [1.54, 1.807) is 12.1 Å². The molecule has 0 N–H and O–H groups in total. The van der Waals surface area contributed by atoms with Gasteiger partial charge in [0.1, 0.15) is 12.1 Å². The van der Waals surface area contributed by atoms with Crippen LogP contribution in [-0.2, 0) is 16.5 Å². The van der Waals surface area contributed by atoms with Crippen LogP contribution in [0.4, 0.5) is 5.69 Å². The first-order chi connectivity index (χ1) is 33.0. The number of fused-ring (bicyclic) bond motifs is 12. The van der Waals surface area contributed by atoms with Crippen LogP contribution in [0, 0.1) is 22.7 Å². The fraction of sp³-hybridized carbons (Fsp3) is 0. The molecule has 3 aliphatic rings. The van der Waals surface area contributed by atoms with Crippen LogP contribution in [0.15, 0.2) is 176 Å². The molecular formula is C58H31N7NiO2. The number of hydrogen-bond donors (Lipinski definition) is 0. The number of rotatable bonds is 5. The van der Waals surface area contributed by atoms with Gasteiger partial charge in [0, 0.05) is 11.1 Å². The first-order valence-electron chi connectivity index (χ1n) is 21.6. The topological polar surface area (TPSA) is 139 Å². The molecule has 8 bridgehead atoms. The van der Waals surface area contributed by atoms with Gasteiger partial charge in [-0.3, -0.25) is 9.59 Å². The molecule has 0 fully saturated rings. The zero-order chi connectivity index (χ0) is 45.2. The summed E-state index contributed by atoms with van der Waals surface area (Å²) >= 11 is 0. The van der Waals surface area contributed by atoms with Crippen LogP contribution in [0.1, 0.15) is 43.2 Å². The molecule has 68 heavy (non-hydrogen) atoms. The number of carbonyl (C=O) groups excluding carboxylic acids is 2. The molecule has 9 aromatic rings. The van der Waals surface area contributed by atoms with Crippen LogP contribution >= 0.6 is 0 Å². The molecule has 2 amide bonds. The maximum Gasteiger partial charge on any atom is 2.00 e. The van der Waals surface area contributed by atoms with Gasteiger partial charge in [-0.2, -0.15) is 10.5 Å². The van der Waals surface area contributed by atoms with Gasteiger partial charge >= 0.3 is 16.5 Å². The minimum absolute atomic E-state index is 0. The van der Waals surface area contributed by atoms with Crippen molar-refractivity contribution in [1.82, 2.24) is 19.9 Å². The summed E-state index contributed by atoms with van der Waals surface area (Å²) in [7, 11) is 0. The fourth-order valence-electron chi connectivity index (χ4n) is 9.39. The van der Waals surface area contributed by atoms with Gasteiger partial charge in [0.05, 0.1) is 50.7 Å². The Labute approximate surface area is 399 Å². The molecule has 12 rings (SSSR count). The minimum atomic E-state index is -0.556. The van der Waals surface area contributed by atoms with Gasteiger partial charge in [-0.15, -0.1) is 22.1 Å². The number of benzene rings is 6. The Hall–Kier alpha value is -9.21. The van der Waals surface area contributed by atoms with Crippen molar-refractivity contribution in [2.45, 2.75) is 0 Å². The third kappa shape index (κ3) is 6.67. The first-order valence-corrected chi connectivity index (χ1v) is 21.6. The van der Waals surface area contributed by atoms with E-state index in [1.807, 2.05) is 146 Å². The van der Waals surface area contributed by atoms with Crippen molar-refractivity contribution in [2.75, 3.05) is 4.90 Å². The van der Waals surface area contributed by atoms with E-state index in [2.05, 4.69) is 24.3 Å². The standard InChI is InChI=1S/C58H33N7O2.Ni/c59-32-38-21-22-40(29-39(38)33-60)65-57(66)43-30-41-42(31-44(43)58(65)67)56-54(37-19-11-4-12-20-37)50-28-26-48(63-50)52(35-15-7-2-8-16-35)46-24-23-45(61-46)51(34-13-5-1-6-14-34)47-25-27-49(62-47)53(55(41)64-56)36-17-9-3-10-18-36;/h1-31H,(H2,61,62,63,64,66,67);/q;+2/p-2. The van der Waals surface area contributed by atoms with Crippen molar-refractivity contribution in [1.29, 1.82) is 10.5 Å². The van der Waals surface area contributed by atoms with Crippen LogP contribution in [0.25, 0.3) is 101 Å². The maximum absolute atomic E-state index is 14.6. The van der Waals surface area contributed by atoms with Crippen molar-refractivity contribution in [3.63, 3.8) is 0 Å². The Morgan fingerprint density at radius 2 is 0.794 bits per heavy atom. The van der Waals surface area contributed by atoms with Gasteiger partial charge in [-0.1, -0.05) is 146 Å². The molecule has 6 heterocycles. The van der Waals surface area contributed by atoms with Crippen LogP contribution < -0.4 is 14.9 Å². The molecule has 0 saturated heterocycles. The summed E-state index contributed by atoms with van der Waals surface area (Å²) in [6, 6.07) is 60.0. The third-order valence-corrected chi connectivity index (χ3v) is 12.4. The van der Waals surface area contributed by atoms with Crippen molar-refractivity contribution in [3.05, 3.63) is 210 Å². The van der Waals surface area contributed by atoms with E-state index >= 15 is 0 Å². The Balaban J connectivity index is 0.00000507. The number of imide groups is 1. The summed E-state index contributed by atoms with van der Waals surface area (Å²) in [5.74, 6) is -1.11. The number of aromatic nitrogens is 4. The molecule has 3 aromatic heterocycles. The average molecular weight is 917 g/mol. The molecule has 320 valence electrons. The molecule has 0 atom stereocenters. The molecule has 0 aliphatic carbocycles. The number of carbonyl (C=O) groups is 2. The van der Waals surface area contributed by atoms with Gasteiger partial charge in [-0.25, -0.2) is 14.9 Å². The van der Waals surface area contributed by atoms with E-state index in [1.165, 1.54) is 18.2 Å². The maximum atomic E-state index is 14.6. The zero-order valence-corrected chi connectivity index (χ0v) is 36.6. The Morgan fingerprint density at radius 3 is 1.19 bits per heavy atom. The number of hydrogen-bond acceptors (Lipinski definition) is 6. The molecule has 0 unspecified atom stereocenters. The normalized spacial score (nSPS) is 12.2. The second-order valence-corrected chi connectivity index (χ2v) is 16.3. The van der Waals surface area contributed by atoms with Gasteiger partial charge in [-0.05, 0) is 87.0 Å². The summed E-state index contributed by atoms with van der Waals surface area (Å²) in [6.45, 7) is 0. The summed E-state index contributed by atoms with van der Waals surface area (Å²) in [6.07, 6.45) is 4.08. The molecule has 6 aromatic carbocycles. The number of amides is 2. The number of nitriles is 2. The van der Waals surface area contributed by atoms with Gasteiger partial charge in [0.15, 0.2) is 0 Å². The summed E-state index contributed by atoms with van der Waals surface area (Å²) in [5.41, 5.74) is 14.1. The van der Waals surface area contributed by atoms with Crippen molar-refractivity contribution in [2.24, 2.45) is 0 Å². The Bertz CT molecular complexity index is 3660. The number of anilines is 1.